The number of hydrogen-bond donors (Lipinski definition) is 1. The molecule has 0 saturated carbocycles. The van der Waals surface area contributed by atoms with Crippen molar-refractivity contribution < 1.29 is 19.0 Å². The minimum absolute atomic E-state index is 0.111. The molecule has 2 heterocycles. The zero-order valence-electron chi connectivity index (χ0n) is 22.4. The summed E-state index contributed by atoms with van der Waals surface area (Å²) in [6.07, 6.45) is 1.61. The van der Waals surface area contributed by atoms with E-state index in [4.69, 9.17) is 14.2 Å². The lowest BCUT2D eigenvalue weighted by molar-refractivity contribution is -0.130. The lowest BCUT2D eigenvalue weighted by Gasteiger charge is -2.44. The number of para-hydroxylation sites is 2. The molecule has 2 aliphatic rings. The van der Waals surface area contributed by atoms with Gasteiger partial charge in [-0.05, 0) is 89.1 Å². The van der Waals surface area contributed by atoms with Gasteiger partial charge in [0.2, 0.25) is 6.10 Å². The second-order valence-corrected chi connectivity index (χ2v) is 10.4. The highest BCUT2D eigenvalue weighted by Gasteiger charge is 2.33. The van der Waals surface area contributed by atoms with Crippen molar-refractivity contribution >= 4 is 5.91 Å². The van der Waals surface area contributed by atoms with Crippen LogP contribution in [0, 0.1) is 19.8 Å². The summed E-state index contributed by atoms with van der Waals surface area (Å²) < 4.78 is 17.6. The quantitative estimate of drug-likeness (QED) is 0.476. The first-order chi connectivity index (χ1) is 17.3. The van der Waals surface area contributed by atoms with Gasteiger partial charge in [-0.25, -0.2) is 0 Å². The van der Waals surface area contributed by atoms with Crippen LogP contribution in [0.25, 0.3) is 0 Å². The third kappa shape index (κ3) is 6.31. The van der Waals surface area contributed by atoms with E-state index in [1.807, 2.05) is 24.3 Å². The number of nitrogens with zero attached hydrogens (tertiary/aromatic N) is 2. The summed E-state index contributed by atoms with van der Waals surface area (Å²) in [4.78, 5) is 17.3. The van der Waals surface area contributed by atoms with Crippen LogP contribution in [0.1, 0.15) is 42.5 Å². The van der Waals surface area contributed by atoms with Gasteiger partial charge in [-0.15, -0.1) is 0 Å². The number of ether oxygens (including phenoxy) is 3. The Morgan fingerprint density at radius 1 is 1.11 bits per heavy atom. The number of amides is 1. The summed E-state index contributed by atoms with van der Waals surface area (Å²) in [5.41, 5.74) is 3.88. The highest BCUT2D eigenvalue weighted by Crippen LogP contribution is 2.34. The average molecular weight is 496 g/mol. The Balaban J connectivity index is 1.21. The average Bonchev–Trinajstić information content (AvgIpc) is 2.84. The first kappa shape index (κ1) is 26.3. The minimum Gasteiger partial charge on any atom is -0.493 e. The van der Waals surface area contributed by atoms with Crippen LogP contribution >= 0.6 is 0 Å². The first-order valence-corrected chi connectivity index (χ1v) is 13.1. The van der Waals surface area contributed by atoms with Crippen LogP contribution in [-0.2, 0) is 4.79 Å². The molecule has 1 N–H and O–H groups in total. The second kappa shape index (κ2) is 12.0. The molecule has 2 aromatic carbocycles. The summed E-state index contributed by atoms with van der Waals surface area (Å²) >= 11 is 0. The Morgan fingerprint density at radius 2 is 1.86 bits per heavy atom. The molecule has 1 saturated heterocycles. The number of benzene rings is 2. The maximum Gasteiger partial charge on any atom is 0.264 e. The molecule has 2 aromatic rings. The van der Waals surface area contributed by atoms with Crippen molar-refractivity contribution in [1.82, 2.24) is 15.1 Å². The molecule has 2 unspecified atom stereocenters. The van der Waals surface area contributed by atoms with Crippen LogP contribution in [0.2, 0.25) is 0 Å². The van der Waals surface area contributed by atoms with Gasteiger partial charge >= 0.3 is 0 Å². The molecule has 7 nitrogen and oxygen atoms in total. The fourth-order valence-corrected chi connectivity index (χ4v) is 4.90. The third-order valence-corrected chi connectivity index (χ3v) is 7.39. The van der Waals surface area contributed by atoms with Crippen molar-refractivity contribution in [2.24, 2.45) is 5.92 Å². The van der Waals surface area contributed by atoms with Gasteiger partial charge in [-0.3, -0.25) is 9.69 Å². The number of rotatable bonds is 11. The standard InChI is InChI=1S/C29H41N3O4/c1-20-21(2)25(34-15-9-8-14-31(4)5)13-12-24(20)22(3)32-17-23(18-32)16-30-29(33)28-19-35-26-10-6-7-11-27(26)36-28/h6-7,10-13,22-23,28H,8-9,14-19H2,1-5H3,(H,30,33). The molecule has 1 amide bonds. The van der Waals surface area contributed by atoms with Crippen LogP contribution in [-0.4, -0.2) is 75.3 Å². The molecule has 0 bridgehead atoms. The molecular weight excluding hydrogens is 454 g/mol. The summed E-state index contributed by atoms with van der Waals surface area (Å²) in [6, 6.07) is 12.1. The largest absolute Gasteiger partial charge is 0.493 e. The van der Waals surface area contributed by atoms with E-state index < -0.39 is 6.10 Å². The molecular formula is C29H41N3O4. The maximum atomic E-state index is 12.6. The summed E-state index contributed by atoms with van der Waals surface area (Å²) in [7, 11) is 4.21. The Morgan fingerprint density at radius 3 is 2.61 bits per heavy atom. The molecule has 2 aliphatic heterocycles. The van der Waals surface area contributed by atoms with Gasteiger partial charge in [-0.2, -0.15) is 0 Å². The zero-order chi connectivity index (χ0) is 25.7. The normalized spacial score (nSPS) is 18.6. The van der Waals surface area contributed by atoms with Crippen molar-refractivity contribution in [3.63, 3.8) is 0 Å². The van der Waals surface area contributed by atoms with Crippen molar-refractivity contribution in [3.05, 3.63) is 53.1 Å². The van der Waals surface area contributed by atoms with E-state index >= 15 is 0 Å². The number of unbranched alkanes of at least 4 members (excludes halogenated alkanes) is 1. The first-order valence-electron chi connectivity index (χ1n) is 13.1. The SMILES string of the molecule is Cc1c(OCCCCN(C)C)ccc(C(C)N2CC(CNC(=O)C3COc4ccccc4O3)C2)c1C. The lowest BCUT2D eigenvalue weighted by atomic mass is 9.91. The van der Waals surface area contributed by atoms with Crippen LogP contribution in [0.3, 0.4) is 0 Å². The Labute approximate surface area is 215 Å². The van der Waals surface area contributed by atoms with E-state index in [0.29, 0.717) is 30.0 Å². The maximum absolute atomic E-state index is 12.6. The topological polar surface area (TPSA) is 63.3 Å². The minimum atomic E-state index is -0.602. The van der Waals surface area contributed by atoms with Gasteiger partial charge < -0.3 is 24.4 Å². The lowest BCUT2D eigenvalue weighted by Crippen LogP contribution is -2.54. The molecule has 36 heavy (non-hydrogen) atoms. The van der Waals surface area contributed by atoms with Gasteiger partial charge in [0.05, 0.1) is 6.61 Å². The van der Waals surface area contributed by atoms with Gasteiger partial charge in [0.15, 0.2) is 11.5 Å². The highest BCUT2D eigenvalue weighted by molar-refractivity contribution is 5.81. The number of carbonyl (C=O) groups is 1. The molecule has 1 fully saturated rings. The van der Waals surface area contributed by atoms with Crippen LogP contribution < -0.4 is 19.5 Å². The Bertz CT molecular complexity index is 1040. The number of nitrogens with one attached hydrogen (secondary N) is 1. The van der Waals surface area contributed by atoms with Crippen molar-refractivity contribution in [3.8, 4) is 17.2 Å². The molecule has 0 aromatic heterocycles. The molecule has 2 atom stereocenters. The third-order valence-electron chi connectivity index (χ3n) is 7.39. The van der Waals surface area contributed by atoms with Crippen molar-refractivity contribution in [2.45, 2.75) is 45.8 Å². The van der Waals surface area contributed by atoms with E-state index in [9.17, 15) is 4.79 Å². The fourth-order valence-electron chi connectivity index (χ4n) is 4.90. The van der Waals surface area contributed by atoms with Gasteiger partial charge in [0.1, 0.15) is 12.4 Å². The molecule has 0 radical (unpaired) electrons. The molecule has 196 valence electrons. The van der Waals surface area contributed by atoms with Gasteiger partial charge in [0, 0.05) is 31.6 Å². The number of likely N-dealkylation sites (tertiary alicyclic amines) is 1. The molecule has 7 heteroatoms. The van der Waals surface area contributed by atoms with E-state index in [2.05, 4.69) is 62.1 Å². The van der Waals surface area contributed by atoms with Gasteiger partial charge in [0.25, 0.3) is 5.91 Å². The van der Waals surface area contributed by atoms with E-state index in [1.54, 1.807) is 0 Å². The zero-order valence-corrected chi connectivity index (χ0v) is 22.4. The van der Waals surface area contributed by atoms with Crippen molar-refractivity contribution in [1.29, 1.82) is 0 Å². The number of fused-ring (bicyclic) bond motifs is 1. The molecule has 4 rings (SSSR count). The van der Waals surface area contributed by atoms with E-state index in [-0.39, 0.29) is 12.5 Å². The highest BCUT2D eigenvalue weighted by atomic mass is 16.6. The summed E-state index contributed by atoms with van der Waals surface area (Å²) in [5.74, 6) is 2.64. The predicted molar refractivity (Wildman–Crippen MR) is 142 cm³/mol. The second-order valence-electron chi connectivity index (χ2n) is 10.4. The molecule has 0 aliphatic carbocycles. The van der Waals surface area contributed by atoms with Crippen LogP contribution in [0.5, 0.6) is 17.2 Å². The molecule has 0 spiro atoms. The Hall–Kier alpha value is -2.77. The smallest absolute Gasteiger partial charge is 0.264 e. The predicted octanol–water partition coefficient (Wildman–Crippen LogP) is 3.97. The summed E-state index contributed by atoms with van der Waals surface area (Å²) in [5, 5.41) is 3.06. The summed E-state index contributed by atoms with van der Waals surface area (Å²) in [6.45, 7) is 11.3. The number of carbonyl (C=O) groups excluding carboxylic acids is 1. The number of hydrogen-bond acceptors (Lipinski definition) is 6. The van der Waals surface area contributed by atoms with E-state index in [0.717, 1.165) is 44.8 Å². The van der Waals surface area contributed by atoms with Crippen LogP contribution in [0.15, 0.2) is 36.4 Å². The monoisotopic (exact) mass is 495 g/mol. The van der Waals surface area contributed by atoms with Crippen LogP contribution in [0.4, 0.5) is 0 Å². The van der Waals surface area contributed by atoms with E-state index in [1.165, 1.54) is 16.7 Å². The van der Waals surface area contributed by atoms with Gasteiger partial charge in [-0.1, -0.05) is 18.2 Å². The Kier molecular flexibility index (Phi) is 8.75. The fraction of sp³-hybridized carbons (Fsp3) is 0.552. The van der Waals surface area contributed by atoms with Crippen molar-refractivity contribution in [2.75, 3.05) is 53.5 Å².